The van der Waals surface area contributed by atoms with E-state index in [-0.39, 0.29) is 23.5 Å². The first kappa shape index (κ1) is 18.5. The first-order valence-electron chi connectivity index (χ1n) is 9.13. The van der Waals surface area contributed by atoms with E-state index >= 15 is 0 Å². The molecule has 1 unspecified atom stereocenters. The molecule has 7 nitrogen and oxygen atoms in total. The van der Waals surface area contributed by atoms with Crippen LogP contribution in [0.2, 0.25) is 0 Å². The minimum Gasteiger partial charge on any atom is -0.348 e. The zero-order valence-electron chi connectivity index (χ0n) is 15.4. The number of carbonyl (C=O) groups is 1. The van der Waals surface area contributed by atoms with Crippen molar-refractivity contribution in [1.82, 2.24) is 24.6 Å². The highest BCUT2D eigenvalue weighted by atomic mass is 32.1. The number of nitrogens with one attached hydrogen (secondary N) is 1. The smallest absolute Gasteiger partial charge is 0.346 e. The SMILES string of the molecule is Cc1nc(C(=O)NC2CCc3nn(Cc4ccc(F)cc4)c(=O)n3CC2)cs1. The second-order valence-corrected chi connectivity index (χ2v) is 7.95. The number of hydrogen-bond donors (Lipinski definition) is 1. The number of fused-ring (bicyclic) bond motifs is 1. The van der Waals surface area contributed by atoms with Gasteiger partial charge in [0.2, 0.25) is 0 Å². The Labute approximate surface area is 164 Å². The van der Waals surface area contributed by atoms with E-state index in [4.69, 9.17) is 0 Å². The van der Waals surface area contributed by atoms with Crippen LogP contribution in [0.3, 0.4) is 0 Å². The molecule has 9 heteroatoms. The van der Waals surface area contributed by atoms with E-state index < -0.39 is 0 Å². The second-order valence-electron chi connectivity index (χ2n) is 6.88. The van der Waals surface area contributed by atoms with Gasteiger partial charge in [-0.25, -0.2) is 18.9 Å². The summed E-state index contributed by atoms with van der Waals surface area (Å²) in [4.78, 5) is 29.2. The standard InChI is InChI=1S/C19H20FN5O2S/c1-12-21-16(11-28-12)18(26)22-15-6-7-17-23-25(19(27)24(17)9-8-15)10-13-2-4-14(20)5-3-13/h2-5,11,15H,6-10H2,1H3,(H,22,26). The Morgan fingerprint density at radius 1 is 1.32 bits per heavy atom. The number of aromatic nitrogens is 4. The van der Waals surface area contributed by atoms with Gasteiger partial charge in [0, 0.05) is 24.4 Å². The summed E-state index contributed by atoms with van der Waals surface area (Å²) < 4.78 is 16.1. The van der Waals surface area contributed by atoms with E-state index in [1.54, 1.807) is 22.1 Å². The number of aryl methyl sites for hydroxylation is 2. The summed E-state index contributed by atoms with van der Waals surface area (Å²) in [5.41, 5.74) is 1.08. The second kappa shape index (κ2) is 7.67. The van der Waals surface area contributed by atoms with Crippen LogP contribution in [-0.4, -0.2) is 31.3 Å². The summed E-state index contributed by atoms with van der Waals surface area (Å²) in [7, 11) is 0. The summed E-state index contributed by atoms with van der Waals surface area (Å²) in [5, 5.41) is 10.1. The lowest BCUT2D eigenvalue weighted by Gasteiger charge is -2.15. The highest BCUT2D eigenvalue weighted by Crippen LogP contribution is 2.14. The van der Waals surface area contributed by atoms with Gasteiger partial charge in [-0.3, -0.25) is 9.36 Å². The summed E-state index contributed by atoms with van der Waals surface area (Å²) >= 11 is 1.44. The third-order valence-electron chi connectivity index (χ3n) is 4.85. The van der Waals surface area contributed by atoms with Gasteiger partial charge in [0.05, 0.1) is 11.6 Å². The molecule has 2 aromatic heterocycles. The summed E-state index contributed by atoms with van der Waals surface area (Å²) in [6.07, 6.45) is 1.97. The van der Waals surface area contributed by atoms with E-state index in [1.165, 1.54) is 28.2 Å². The van der Waals surface area contributed by atoms with Gasteiger partial charge in [0.15, 0.2) is 0 Å². The molecule has 1 aliphatic rings. The van der Waals surface area contributed by atoms with Crippen molar-refractivity contribution in [2.24, 2.45) is 0 Å². The van der Waals surface area contributed by atoms with Crippen LogP contribution in [0.15, 0.2) is 34.4 Å². The molecule has 4 rings (SSSR count). The van der Waals surface area contributed by atoms with Crippen LogP contribution in [0.5, 0.6) is 0 Å². The van der Waals surface area contributed by atoms with Crippen molar-refractivity contribution in [2.45, 2.75) is 45.3 Å². The van der Waals surface area contributed by atoms with E-state index in [1.807, 2.05) is 6.92 Å². The van der Waals surface area contributed by atoms with Crippen LogP contribution >= 0.6 is 11.3 Å². The van der Waals surface area contributed by atoms with Crippen molar-refractivity contribution < 1.29 is 9.18 Å². The molecule has 1 aromatic carbocycles. The predicted octanol–water partition coefficient (Wildman–Crippen LogP) is 2.13. The third-order valence-corrected chi connectivity index (χ3v) is 5.62. The maximum absolute atomic E-state index is 13.1. The van der Waals surface area contributed by atoms with Gasteiger partial charge in [-0.15, -0.1) is 11.3 Å². The fraction of sp³-hybridized carbons (Fsp3) is 0.368. The highest BCUT2D eigenvalue weighted by Gasteiger charge is 2.23. The van der Waals surface area contributed by atoms with Gasteiger partial charge < -0.3 is 5.32 Å². The van der Waals surface area contributed by atoms with Crippen LogP contribution in [-0.2, 0) is 19.5 Å². The quantitative estimate of drug-likeness (QED) is 0.726. The molecule has 0 spiro atoms. The number of benzene rings is 1. The van der Waals surface area contributed by atoms with Crippen molar-refractivity contribution in [3.05, 3.63) is 68.0 Å². The Hall–Kier alpha value is -2.81. The molecule has 146 valence electrons. The minimum atomic E-state index is -0.308. The average Bonchev–Trinajstić information content (AvgIpc) is 3.17. The topological polar surface area (TPSA) is 81.8 Å². The number of carbonyl (C=O) groups excluding carboxylic acids is 1. The van der Waals surface area contributed by atoms with Gasteiger partial charge in [0.25, 0.3) is 5.91 Å². The summed E-state index contributed by atoms with van der Waals surface area (Å²) in [6, 6.07) is 6.02. The first-order valence-corrected chi connectivity index (χ1v) is 10.0. The van der Waals surface area contributed by atoms with Gasteiger partial charge in [0.1, 0.15) is 17.3 Å². The van der Waals surface area contributed by atoms with E-state index in [9.17, 15) is 14.0 Å². The number of hydrogen-bond acceptors (Lipinski definition) is 5. The lowest BCUT2D eigenvalue weighted by atomic mass is 10.1. The number of rotatable bonds is 4. The zero-order chi connectivity index (χ0) is 19.7. The van der Waals surface area contributed by atoms with Crippen molar-refractivity contribution in [3.8, 4) is 0 Å². The minimum absolute atomic E-state index is 0.0267. The molecule has 0 saturated carbocycles. The van der Waals surface area contributed by atoms with Gasteiger partial charge in [-0.05, 0) is 37.5 Å². The van der Waals surface area contributed by atoms with E-state index in [2.05, 4.69) is 15.4 Å². The third kappa shape index (κ3) is 3.89. The molecule has 3 heterocycles. The normalized spacial score (nSPS) is 16.4. The maximum atomic E-state index is 13.1. The van der Waals surface area contributed by atoms with Gasteiger partial charge in [-0.1, -0.05) is 12.1 Å². The molecular weight excluding hydrogens is 381 g/mol. The van der Waals surface area contributed by atoms with Crippen LogP contribution in [0, 0.1) is 12.7 Å². The molecule has 0 aliphatic carbocycles. The molecule has 1 atom stereocenters. The average molecular weight is 401 g/mol. The monoisotopic (exact) mass is 401 g/mol. The fourth-order valence-corrected chi connectivity index (χ4v) is 3.96. The van der Waals surface area contributed by atoms with Crippen LogP contribution < -0.4 is 11.0 Å². The lowest BCUT2D eigenvalue weighted by Crippen LogP contribution is -2.36. The molecule has 0 fully saturated rings. The molecule has 0 saturated heterocycles. The Kier molecular flexibility index (Phi) is 5.08. The van der Waals surface area contributed by atoms with Crippen molar-refractivity contribution in [3.63, 3.8) is 0 Å². The maximum Gasteiger partial charge on any atom is 0.346 e. The molecule has 0 bridgehead atoms. The highest BCUT2D eigenvalue weighted by molar-refractivity contribution is 7.09. The van der Waals surface area contributed by atoms with Gasteiger partial charge >= 0.3 is 5.69 Å². The van der Waals surface area contributed by atoms with Crippen molar-refractivity contribution in [2.75, 3.05) is 0 Å². The fourth-order valence-electron chi connectivity index (χ4n) is 3.37. The molecule has 1 N–H and O–H groups in total. The van der Waals surface area contributed by atoms with E-state index in [0.717, 1.165) is 10.6 Å². The Morgan fingerprint density at radius 2 is 2.11 bits per heavy atom. The Balaban J connectivity index is 1.43. The predicted molar refractivity (Wildman–Crippen MR) is 103 cm³/mol. The van der Waals surface area contributed by atoms with Crippen molar-refractivity contribution >= 4 is 17.2 Å². The molecular formula is C19H20FN5O2S. The molecule has 0 radical (unpaired) electrons. The van der Waals surface area contributed by atoms with Gasteiger partial charge in [-0.2, -0.15) is 5.10 Å². The van der Waals surface area contributed by atoms with Crippen LogP contribution in [0.1, 0.15) is 39.7 Å². The number of halogens is 1. The Morgan fingerprint density at radius 3 is 2.82 bits per heavy atom. The summed E-state index contributed by atoms with van der Waals surface area (Å²) in [5.74, 6) is 0.230. The van der Waals surface area contributed by atoms with Crippen molar-refractivity contribution in [1.29, 1.82) is 0 Å². The largest absolute Gasteiger partial charge is 0.348 e. The molecule has 28 heavy (non-hydrogen) atoms. The first-order chi connectivity index (χ1) is 13.5. The number of thiazole rings is 1. The molecule has 1 aliphatic heterocycles. The zero-order valence-corrected chi connectivity index (χ0v) is 16.2. The molecule has 1 amide bonds. The van der Waals surface area contributed by atoms with Crippen LogP contribution in [0.25, 0.3) is 0 Å². The molecule has 3 aromatic rings. The summed E-state index contributed by atoms with van der Waals surface area (Å²) in [6.45, 7) is 2.67. The van der Waals surface area contributed by atoms with Crippen LogP contribution in [0.4, 0.5) is 4.39 Å². The lowest BCUT2D eigenvalue weighted by molar-refractivity contribution is 0.0928. The number of amides is 1. The Bertz CT molecular complexity index is 1050. The van der Waals surface area contributed by atoms with E-state index in [0.29, 0.717) is 43.9 Å². The number of nitrogens with zero attached hydrogens (tertiary/aromatic N) is 4.